The number of nitrogens with one attached hydrogen (secondary N) is 1. The smallest absolute Gasteiger partial charge is 0.133 e. The number of rotatable bonds is 6. The molecular formula is C15H20BrN3S. The molecule has 108 valence electrons. The molecule has 0 aliphatic carbocycles. The second-order valence-electron chi connectivity index (χ2n) is 4.81. The molecular weight excluding hydrogens is 334 g/mol. The lowest BCUT2D eigenvalue weighted by molar-refractivity contribution is 0.594. The highest BCUT2D eigenvalue weighted by molar-refractivity contribution is 9.11. The van der Waals surface area contributed by atoms with Crippen LogP contribution in [0.3, 0.4) is 0 Å². The number of aromatic nitrogens is 1. The van der Waals surface area contributed by atoms with Crippen LogP contribution in [0.1, 0.15) is 31.0 Å². The van der Waals surface area contributed by atoms with Gasteiger partial charge in [-0.15, -0.1) is 11.3 Å². The molecule has 5 heteroatoms. The number of nitrogens with zero attached hydrogens (tertiary/aromatic N) is 2. The highest BCUT2D eigenvalue weighted by Gasteiger charge is 2.14. The van der Waals surface area contributed by atoms with E-state index < -0.39 is 0 Å². The first kappa shape index (κ1) is 15.5. The summed E-state index contributed by atoms with van der Waals surface area (Å²) in [7, 11) is 2.09. The number of thiophene rings is 1. The van der Waals surface area contributed by atoms with Crippen molar-refractivity contribution in [3.8, 4) is 0 Å². The van der Waals surface area contributed by atoms with E-state index in [1.54, 1.807) is 11.3 Å². The quantitative estimate of drug-likeness (QED) is 0.842. The van der Waals surface area contributed by atoms with Gasteiger partial charge in [-0.2, -0.15) is 0 Å². The SMILES string of the molecule is CCNC(C)c1cccnc1N(C)Cc1csc(Br)c1. The number of pyridine rings is 1. The monoisotopic (exact) mass is 353 g/mol. The maximum atomic E-state index is 4.56. The Morgan fingerprint density at radius 3 is 2.95 bits per heavy atom. The first-order valence-electron chi connectivity index (χ1n) is 6.74. The number of halogens is 1. The average molecular weight is 354 g/mol. The van der Waals surface area contributed by atoms with Gasteiger partial charge < -0.3 is 10.2 Å². The Morgan fingerprint density at radius 1 is 1.50 bits per heavy atom. The van der Waals surface area contributed by atoms with Gasteiger partial charge in [-0.05, 0) is 52.5 Å². The molecule has 0 aliphatic heterocycles. The fourth-order valence-corrected chi connectivity index (χ4v) is 3.46. The number of hydrogen-bond donors (Lipinski definition) is 1. The third-order valence-electron chi connectivity index (χ3n) is 3.20. The molecule has 0 bridgehead atoms. The lowest BCUT2D eigenvalue weighted by Gasteiger charge is -2.23. The van der Waals surface area contributed by atoms with Crippen molar-refractivity contribution in [3.63, 3.8) is 0 Å². The highest BCUT2D eigenvalue weighted by Crippen LogP contribution is 2.26. The lowest BCUT2D eigenvalue weighted by atomic mass is 10.1. The van der Waals surface area contributed by atoms with Gasteiger partial charge in [0.05, 0.1) is 3.79 Å². The second-order valence-corrected chi connectivity index (χ2v) is 7.10. The van der Waals surface area contributed by atoms with Crippen molar-refractivity contribution in [1.82, 2.24) is 10.3 Å². The molecule has 2 aromatic rings. The molecule has 0 aromatic carbocycles. The van der Waals surface area contributed by atoms with Crippen LogP contribution in [0.25, 0.3) is 0 Å². The van der Waals surface area contributed by atoms with E-state index in [9.17, 15) is 0 Å². The number of anilines is 1. The van der Waals surface area contributed by atoms with Gasteiger partial charge in [0.1, 0.15) is 5.82 Å². The Bertz CT molecular complexity index is 556. The molecule has 3 nitrogen and oxygen atoms in total. The average Bonchev–Trinajstić information content (AvgIpc) is 2.84. The van der Waals surface area contributed by atoms with Crippen LogP contribution in [0.4, 0.5) is 5.82 Å². The van der Waals surface area contributed by atoms with Gasteiger partial charge in [-0.3, -0.25) is 0 Å². The molecule has 1 atom stereocenters. The van der Waals surface area contributed by atoms with Gasteiger partial charge in [0, 0.05) is 31.4 Å². The Kier molecular flexibility index (Phi) is 5.57. The lowest BCUT2D eigenvalue weighted by Crippen LogP contribution is -2.24. The molecule has 0 spiro atoms. The molecule has 0 fully saturated rings. The van der Waals surface area contributed by atoms with Crippen LogP contribution >= 0.6 is 27.3 Å². The summed E-state index contributed by atoms with van der Waals surface area (Å²) in [5.74, 6) is 1.04. The van der Waals surface area contributed by atoms with Crippen LogP contribution in [-0.2, 0) is 6.54 Å². The zero-order valence-corrected chi connectivity index (χ0v) is 14.5. The predicted molar refractivity (Wildman–Crippen MR) is 90.5 cm³/mol. The van der Waals surface area contributed by atoms with Crippen molar-refractivity contribution < 1.29 is 0 Å². The molecule has 20 heavy (non-hydrogen) atoms. The Hall–Kier alpha value is -0.910. The third-order valence-corrected chi connectivity index (χ3v) is 4.75. The van der Waals surface area contributed by atoms with Crippen molar-refractivity contribution in [3.05, 3.63) is 44.7 Å². The largest absolute Gasteiger partial charge is 0.355 e. The van der Waals surface area contributed by atoms with Crippen LogP contribution in [-0.4, -0.2) is 18.6 Å². The van der Waals surface area contributed by atoms with Gasteiger partial charge in [-0.1, -0.05) is 13.0 Å². The minimum atomic E-state index is 0.306. The summed E-state index contributed by atoms with van der Waals surface area (Å²) in [6.45, 7) is 6.12. The summed E-state index contributed by atoms with van der Waals surface area (Å²) in [4.78, 5) is 6.77. The van der Waals surface area contributed by atoms with Crippen LogP contribution in [0.15, 0.2) is 33.6 Å². The predicted octanol–water partition coefficient (Wildman–Crippen LogP) is 4.21. The van der Waals surface area contributed by atoms with E-state index in [-0.39, 0.29) is 0 Å². The van der Waals surface area contributed by atoms with E-state index in [1.807, 2.05) is 12.3 Å². The Balaban J connectivity index is 2.18. The van der Waals surface area contributed by atoms with Crippen molar-refractivity contribution in [2.75, 3.05) is 18.5 Å². The van der Waals surface area contributed by atoms with E-state index in [2.05, 4.69) is 69.5 Å². The topological polar surface area (TPSA) is 28.2 Å². The van der Waals surface area contributed by atoms with Crippen LogP contribution in [0.2, 0.25) is 0 Å². The minimum Gasteiger partial charge on any atom is -0.355 e. The summed E-state index contributed by atoms with van der Waals surface area (Å²) < 4.78 is 1.17. The molecule has 2 heterocycles. The second kappa shape index (κ2) is 7.20. The van der Waals surface area contributed by atoms with Crippen molar-refractivity contribution >= 4 is 33.1 Å². The number of hydrogen-bond acceptors (Lipinski definition) is 4. The summed E-state index contributed by atoms with van der Waals surface area (Å²) in [5, 5.41) is 5.63. The first-order valence-corrected chi connectivity index (χ1v) is 8.41. The fraction of sp³-hybridized carbons (Fsp3) is 0.400. The molecule has 0 saturated heterocycles. The maximum Gasteiger partial charge on any atom is 0.133 e. The molecule has 1 N–H and O–H groups in total. The van der Waals surface area contributed by atoms with E-state index >= 15 is 0 Å². The van der Waals surface area contributed by atoms with Crippen LogP contribution < -0.4 is 10.2 Å². The molecule has 0 saturated carbocycles. The molecule has 0 amide bonds. The Morgan fingerprint density at radius 2 is 2.30 bits per heavy atom. The zero-order chi connectivity index (χ0) is 14.5. The molecule has 0 radical (unpaired) electrons. The minimum absolute atomic E-state index is 0.306. The van der Waals surface area contributed by atoms with Gasteiger partial charge >= 0.3 is 0 Å². The standard InChI is InChI=1S/C15H20BrN3S/c1-4-17-11(2)13-6-5-7-18-15(13)19(3)9-12-8-14(16)20-10-12/h5-8,10-11,17H,4,9H2,1-3H3. The van der Waals surface area contributed by atoms with Gasteiger partial charge in [0.25, 0.3) is 0 Å². The van der Waals surface area contributed by atoms with Gasteiger partial charge in [-0.25, -0.2) is 4.98 Å². The molecule has 1 unspecified atom stereocenters. The first-order chi connectivity index (χ1) is 9.61. The van der Waals surface area contributed by atoms with E-state index in [4.69, 9.17) is 0 Å². The van der Waals surface area contributed by atoms with Crippen molar-refractivity contribution in [2.24, 2.45) is 0 Å². The van der Waals surface area contributed by atoms with Gasteiger partial charge in [0.15, 0.2) is 0 Å². The van der Waals surface area contributed by atoms with Gasteiger partial charge in [0.2, 0.25) is 0 Å². The molecule has 2 aromatic heterocycles. The van der Waals surface area contributed by atoms with Crippen LogP contribution in [0, 0.1) is 0 Å². The summed E-state index contributed by atoms with van der Waals surface area (Å²) >= 11 is 5.23. The summed E-state index contributed by atoms with van der Waals surface area (Å²) in [6, 6.07) is 6.62. The molecule has 0 aliphatic rings. The zero-order valence-electron chi connectivity index (χ0n) is 12.1. The maximum absolute atomic E-state index is 4.56. The fourth-order valence-electron chi connectivity index (χ4n) is 2.26. The van der Waals surface area contributed by atoms with E-state index in [0.29, 0.717) is 6.04 Å². The van der Waals surface area contributed by atoms with Crippen molar-refractivity contribution in [2.45, 2.75) is 26.4 Å². The van der Waals surface area contributed by atoms with E-state index in [0.717, 1.165) is 18.9 Å². The van der Waals surface area contributed by atoms with E-state index in [1.165, 1.54) is 14.9 Å². The highest BCUT2D eigenvalue weighted by atomic mass is 79.9. The Labute approximate surface area is 133 Å². The summed E-state index contributed by atoms with van der Waals surface area (Å²) in [6.07, 6.45) is 1.86. The molecule has 2 rings (SSSR count). The normalized spacial score (nSPS) is 12.4. The summed E-state index contributed by atoms with van der Waals surface area (Å²) in [5.41, 5.74) is 2.54. The third kappa shape index (κ3) is 3.81. The van der Waals surface area contributed by atoms with Crippen molar-refractivity contribution in [1.29, 1.82) is 0 Å². The van der Waals surface area contributed by atoms with Crippen LogP contribution in [0.5, 0.6) is 0 Å².